The quantitative estimate of drug-likeness (QED) is 0.801. The van der Waals surface area contributed by atoms with Crippen LogP contribution >= 0.6 is 11.6 Å². The number of hydrazine groups is 1. The third kappa shape index (κ3) is 3.42. The molecule has 1 aromatic rings. The third-order valence-corrected chi connectivity index (χ3v) is 5.19. The van der Waals surface area contributed by atoms with E-state index in [1.165, 1.54) is 12.1 Å². The van der Waals surface area contributed by atoms with E-state index in [1.54, 1.807) is 11.9 Å². The molecule has 1 aliphatic rings. The maximum atomic E-state index is 12.3. The lowest BCUT2D eigenvalue weighted by molar-refractivity contribution is 0.135. The molecular weight excluding hydrogens is 300 g/mol. The van der Waals surface area contributed by atoms with Crippen LogP contribution < -0.4 is 10.6 Å². The number of nitrogens with one attached hydrogen (secondary N) is 1. The van der Waals surface area contributed by atoms with E-state index >= 15 is 0 Å². The second-order valence-corrected chi connectivity index (χ2v) is 7.07. The SMILES string of the molecule is Cc1cc(S(=O)(=O)NN2CCN(C)CC2)cc(N)c1Cl. The van der Waals surface area contributed by atoms with Crippen LogP contribution in [0.25, 0.3) is 0 Å². The van der Waals surface area contributed by atoms with Gasteiger partial charge in [-0.3, -0.25) is 0 Å². The zero-order valence-electron chi connectivity index (χ0n) is 11.6. The van der Waals surface area contributed by atoms with Crippen LogP contribution in [-0.2, 0) is 10.0 Å². The van der Waals surface area contributed by atoms with E-state index < -0.39 is 10.0 Å². The smallest absolute Gasteiger partial charge is 0.253 e. The Labute approximate surface area is 124 Å². The third-order valence-electron chi connectivity index (χ3n) is 3.32. The standard InChI is InChI=1S/C12H19ClN4O2S/c1-9-7-10(8-11(14)12(9)13)20(18,19)15-17-5-3-16(2)4-6-17/h7-8,15H,3-6,14H2,1-2H3. The first-order valence-corrected chi connectivity index (χ1v) is 8.17. The number of likely N-dealkylation sites (N-methyl/N-ethyl adjacent to an activating group) is 1. The van der Waals surface area contributed by atoms with Gasteiger partial charge >= 0.3 is 0 Å². The summed E-state index contributed by atoms with van der Waals surface area (Å²) >= 11 is 5.95. The van der Waals surface area contributed by atoms with E-state index in [0.717, 1.165) is 13.1 Å². The number of hydrogen-bond acceptors (Lipinski definition) is 5. The van der Waals surface area contributed by atoms with E-state index in [1.807, 2.05) is 7.05 Å². The second-order valence-electron chi connectivity index (χ2n) is 5.03. The maximum Gasteiger partial charge on any atom is 0.253 e. The van der Waals surface area contributed by atoms with Crippen molar-refractivity contribution in [3.8, 4) is 0 Å². The summed E-state index contributed by atoms with van der Waals surface area (Å²) in [5.41, 5.74) is 6.64. The highest BCUT2D eigenvalue weighted by atomic mass is 35.5. The number of aryl methyl sites for hydroxylation is 1. The first-order chi connectivity index (χ1) is 9.29. The molecule has 20 heavy (non-hydrogen) atoms. The van der Waals surface area contributed by atoms with Crippen LogP contribution in [0.2, 0.25) is 5.02 Å². The van der Waals surface area contributed by atoms with Crippen molar-refractivity contribution in [3.05, 3.63) is 22.7 Å². The van der Waals surface area contributed by atoms with Gasteiger partial charge in [-0.2, -0.15) is 0 Å². The number of piperazine rings is 1. The predicted octanol–water partition coefficient (Wildman–Crippen LogP) is 0.671. The molecule has 0 aliphatic carbocycles. The van der Waals surface area contributed by atoms with Crippen LogP contribution in [0.15, 0.2) is 17.0 Å². The monoisotopic (exact) mass is 318 g/mol. The molecule has 0 saturated carbocycles. The van der Waals surface area contributed by atoms with Crippen LogP contribution in [-0.4, -0.2) is 51.6 Å². The highest BCUT2D eigenvalue weighted by molar-refractivity contribution is 7.89. The van der Waals surface area contributed by atoms with Gasteiger partial charge in [0, 0.05) is 26.2 Å². The number of anilines is 1. The highest BCUT2D eigenvalue weighted by Gasteiger charge is 2.22. The molecule has 2 rings (SSSR count). The molecule has 1 aromatic carbocycles. The number of benzene rings is 1. The summed E-state index contributed by atoms with van der Waals surface area (Å²) in [5, 5.41) is 2.10. The average molecular weight is 319 g/mol. The molecule has 1 aliphatic heterocycles. The normalized spacial score (nSPS) is 18.4. The summed E-state index contributed by atoms with van der Waals surface area (Å²) in [6.07, 6.45) is 0. The van der Waals surface area contributed by atoms with E-state index in [4.69, 9.17) is 17.3 Å². The molecule has 0 aromatic heterocycles. The number of nitrogen functional groups attached to an aromatic ring is 1. The number of hydrogen-bond donors (Lipinski definition) is 2. The maximum absolute atomic E-state index is 12.3. The van der Waals surface area contributed by atoms with E-state index in [-0.39, 0.29) is 10.6 Å². The molecule has 0 amide bonds. The van der Waals surface area contributed by atoms with Crippen molar-refractivity contribution in [2.75, 3.05) is 39.0 Å². The van der Waals surface area contributed by atoms with Crippen molar-refractivity contribution in [3.63, 3.8) is 0 Å². The van der Waals surface area contributed by atoms with E-state index in [0.29, 0.717) is 23.7 Å². The van der Waals surface area contributed by atoms with Gasteiger partial charge in [0.15, 0.2) is 0 Å². The summed E-state index contributed by atoms with van der Waals surface area (Å²) in [6, 6.07) is 2.91. The fraction of sp³-hybridized carbons (Fsp3) is 0.500. The van der Waals surface area contributed by atoms with Crippen molar-refractivity contribution in [2.24, 2.45) is 0 Å². The van der Waals surface area contributed by atoms with Gasteiger partial charge in [-0.15, -0.1) is 4.83 Å². The van der Waals surface area contributed by atoms with Gasteiger partial charge < -0.3 is 10.6 Å². The van der Waals surface area contributed by atoms with Gasteiger partial charge in [-0.25, -0.2) is 13.4 Å². The minimum Gasteiger partial charge on any atom is -0.397 e. The van der Waals surface area contributed by atoms with Crippen LogP contribution in [0.1, 0.15) is 5.56 Å². The van der Waals surface area contributed by atoms with Crippen LogP contribution in [0.5, 0.6) is 0 Å². The number of halogens is 1. The van der Waals surface area contributed by atoms with Gasteiger partial charge in [0.05, 0.1) is 15.6 Å². The lowest BCUT2D eigenvalue weighted by Gasteiger charge is -2.32. The van der Waals surface area contributed by atoms with Crippen molar-refractivity contribution < 1.29 is 8.42 Å². The minimum absolute atomic E-state index is 0.135. The van der Waals surface area contributed by atoms with Crippen molar-refractivity contribution >= 4 is 27.3 Å². The molecule has 0 atom stereocenters. The number of nitrogens with zero attached hydrogens (tertiary/aromatic N) is 2. The zero-order chi connectivity index (χ0) is 14.9. The van der Waals surface area contributed by atoms with Crippen LogP contribution in [0.4, 0.5) is 5.69 Å². The summed E-state index contributed by atoms with van der Waals surface area (Å²) in [7, 11) is -1.61. The van der Waals surface area contributed by atoms with E-state index in [9.17, 15) is 8.42 Å². The summed E-state index contributed by atoms with van der Waals surface area (Å²) in [6.45, 7) is 4.68. The van der Waals surface area contributed by atoms with E-state index in [2.05, 4.69) is 9.73 Å². The molecule has 0 unspecified atom stereocenters. The number of sulfonamides is 1. The molecule has 6 nitrogen and oxygen atoms in total. The Bertz CT molecular complexity index is 574. The molecule has 0 radical (unpaired) electrons. The lowest BCUT2D eigenvalue weighted by Crippen LogP contribution is -2.52. The first-order valence-electron chi connectivity index (χ1n) is 6.31. The molecule has 1 saturated heterocycles. The van der Waals surface area contributed by atoms with Crippen molar-refractivity contribution in [2.45, 2.75) is 11.8 Å². The Balaban J connectivity index is 2.18. The Morgan fingerprint density at radius 3 is 2.40 bits per heavy atom. The van der Waals surface area contributed by atoms with Gasteiger partial charge in [0.25, 0.3) is 10.0 Å². The minimum atomic E-state index is -3.62. The molecule has 1 fully saturated rings. The number of nitrogens with two attached hydrogens (primary N) is 1. The summed E-state index contributed by atoms with van der Waals surface area (Å²) < 4.78 is 24.7. The van der Waals surface area contributed by atoms with Gasteiger partial charge in [-0.1, -0.05) is 11.6 Å². The zero-order valence-corrected chi connectivity index (χ0v) is 13.1. The Morgan fingerprint density at radius 1 is 1.25 bits per heavy atom. The largest absolute Gasteiger partial charge is 0.397 e. The number of rotatable bonds is 3. The predicted molar refractivity (Wildman–Crippen MR) is 80.0 cm³/mol. The van der Waals surface area contributed by atoms with Gasteiger partial charge in [0.1, 0.15) is 0 Å². The second kappa shape index (κ2) is 5.87. The molecule has 3 N–H and O–H groups in total. The molecule has 0 bridgehead atoms. The van der Waals surface area contributed by atoms with Gasteiger partial charge in [-0.05, 0) is 31.7 Å². The van der Waals surface area contributed by atoms with Crippen LogP contribution in [0.3, 0.4) is 0 Å². The lowest BCUT2D eigenvalue weighted by atomic mass is 10.2. The molecular formula is C12H19ClN4O2S. The van der Waals surface area contributed by atoms with Crippen LogP contribution in [0, 0.1) is 6.92 Å². The average Bonchev–Trinajstić information content (AvgIpc) is 2.38. The first kappa shape index (κ1) is 15.5. The molecule has 1 heterocycles. The highest BCUT2D eigenvalue weighted by Crippen LogP contribution is 2.26. The topological polar surface area (TPSA) is 78.7 Å². The fourth-order valence-electron chi connectivity index (χ4n) is 2.04. The summed E-state index contributed by atoms with van der Waals surface area (Å²) in [5.74, 6) is 0. The Hall–Kier alpha value is -0.860. The van der Waals surface area contributed by atoms with Crippen molar-refractivity contribution in [1.29, 1.82) is 0 Å². The molecule has 0 spiro atoms. The van der Waals surface area contributed by atoms with Crippen molar-refractivity contribution in [1.82, 2.24) is 14.7 Å². The fourth-order valence-corrected chi connectivity index (χ4v) is 3.39. The molecule has 8 heteroatoms. The summed E-state index contributed by atoms with van der Waals surface area (Å²) in [4.78, 5) is 4.87. The molecule has 112 valence electrons. The van der Waals surface area contributed by atoms with Gasteiger partial charge in [0.2, 0.25) is 0 Å². The Morgan fingerprint density at radius 2 is 1.85 bits per heavy atom. The Kier molecular flexibility index (Phi) is 4.55.